The number of methoxy groups -OCH3 is 1. The molecule has 0 bridgehead atoms. The van der Waals surface area contributed by atoms with Gasteiger partial charge in [0, 0.05) is 62.7 Å². The van der Waals surface area contributed by atoms with Crippen molar-refractivity contribution in [3.05, 3.63) is 53.6 Å². The molecule has 1 N–H and O–H groups in total. The molecule has 2 saturated heterocycles. The Morgan fingerprint density at radius 2 is 1.83 bits per heavy atom. The zero-order chi connectivity index (χ0) is 25.7. The van der Waals surface area contributed by atoms with E-state index >= 15 is 0 Å². The SMILES string of the molecule is COc1cccc(C(=O)Nc2cc(C#CC3CCN(C(C)=O)CC3)ccc2N2CCN(C)[C@@H](C)C2)c1. The van der Waals surface area contributed by atoms with Gasteiger partial charge in [0.2, 0.25) is 5.91 Å². The third-order valence-corrected chi connectivity index (χ3v) is 7.24. The standard InChI is InChI=1S/C29H36N4O3/c1-21-20-33(17-16-31(21)3)28-11-10-24(9-8-23-12-14-32(15-13-23)22(2)34)18-27(28)30-29(35)25-6-5-7-26(19-25)36-4/h5-7,10-11,18-19,21,23H,12-17,20H2,1-4H3,(H,30,35)/t21-/m0/s1. The number of ether oxygens (including phenoxy) is 1. The third kappa shape index (κ3) is 6.19. The van der Waals surface area contributed by atoms with Gasteiger partial charge in [0.15, 0.2) is 0 Å². The Balaban J connectivity index is 1.57. The van der Waals surface area contributed by atoms with Crippen LogP contribution in [-0.2, 0) is 4.79 Å². The van der Waals surface area contributed by atoms with Crippen molar-refractivity contribution < 1.29 is 14.3 Å². The van der Waals surface area contributed by atoms with E-state index in [4.69, 9.17) is 4.74 Å². The highest BCUT2D eigenvalue weighted by Gasteiger charge is 2.24. The zero-order valence-corrected chi connectivity index (χ0v) is 21.7. The fourth-order valence-corrected chi connectivity index (χ4v) is 4.74. The molecule has 2 heterocycles. The van der Waals surface area contributed by atoms with Crippen LogP contribution < -0.4 is 15.0 Å². The molecule has 0 aliphatic carbocycles. The highest BCUT2D eigenvalue weighted by Crippen LogP contribution is 2.30. The molecule has 190 valence electrons. The lowest BCUT2D eigenvalue weighted by molar-refractivity contribution is -0.129. The van der Waals surface area contributed by atoms with Gasteiger partial charge in [-0.05, 0) is 63.2 Å². The molecule has 0 spiro atoms. The Bertz CT molecular complexity index is 1160. The minimum atomic E-state index is -0.181. The Morgan fingerprint density at radius 3 is 2.53 bits per heavy atom. The highest BCUT2D eigenvalue weighted by molar-refractivity contribution is 6.06. The number of hydrogen-bond acceptors (Lipinski definition) is 5. The average molecular weight is 489 g/mol. The molecular formula is C29H36N4O3. The molecule has 36 heavy (non-hydrogen) atoms. The monoisotopic (exact) mass is 488 g/mol. The van der Waals surface area contributed by atoms with Crippen LogP contribution in [0, 0.1) is 17.8 Å². The number of anilines is 2. The molecular weight excluding hydrogens is 452 g/mol. The van der Waals surface area contributed by atoms with Gasteiger partial charge in [-0.3, -0.25) is 9.59 Å². The summed E-state index contributed by atoms with van der Waals surface area (Å²) >= 11 is 0. The van der Waals surface area contributed by atoms with Crippen molar-refractivity contribution in [3.63, 3.8) is 0 Å². The quantitative estimate of drug-likeness (QED) is 0.665. The maximum absolute atomic E-state index is 13.2. The first-order valence-corrected chi connectivity index (χ1v) is 12.7. The van der Waals surface area contributed by atoms with Crippen LogP contribution in [0.3, 0.4) is 0 Å². The zero-order valence-electron chi connectivity index (χ0n) is 21.7. The van der Waals surface area contributed by atoms with E-state index in [0.717, 1.165) is 62.5 Å². The first kappa shape index (κ1) is 25.6. The third-order valence-electron chi connectivity index (χ3n) is 7.24. The Hall–Kier alpha value is -3.50. The number of benzene rings is 2. The van der Waals surface area contributed by atoms with Crippen LogP contribution in [0.1, 0.15) is 42.6 Å². The number of hydrogen-bond donors (Lipinski definition) is 1. The van der Waals surface area contributed by atoms with Crippen LogP contribution in [0.15, 0.2) is 42.5 Å². The van der Waals surface area contributed by atoms with Crippen molar-refractivity contribution in [2.45, 2.75) is 32.7 Å². The first-order valence-electron chi connectivity index (χ1n) is 12.7. The van der Waals surface area contributed by atoms with Crippen LogP contribution in [0.5, 0.6) is 5.75 Å². The molecule has 0 unspecified atom stereocenters. The highest BCUT2D eigenvalue weighted by atomic mass is 16.5. The largest absolute Gasteiger partial charge is 0.497 e. The number of likely N-dealkylation sites (tertiary alicyclic amines) is 1. The summed E-state index contributed by atoms with van der Waals surface area (Å²) < 4.78 is 5.29. The van der Waals surface area contributed by atoms with Gasteiger partial charge in [-0.25, -0.2) is 0 Å². The van der Waals surface area contributed by atoms with Gasteiger partial charge in [-0.1, -0.05) is 17.9 Å². The van der Waals surface area contributed by atoms with Crippen molar-refractivity contribution in [3.8, 4) is 17.6 Å². The summed E-state index contributed by atoms with van der Waals surface area (Å²) in [7, 11) is 3.74. The summed E-state index contributed by atoms with van der Waals surface area (Å²) in [6.07, 6.45) is 1.78. The molecule has 7 heteroatoms. The van der Waals surface area contributed by atoms with E-state index in [-0.39, 0.29) is 17.7 Å². The maximum atomic E-state index is 13.2. The van der Waals surface area contributed by atoms with Gasteiger partial charge in [-0.15, -0.1) is 0 Å². The maximum Gasteiger partial charge on any atom is 0.255 e. The van der Waals surface area contributed by atoms with Crippen molar-refractivity contribution in [1.82, 2.24) is 9.80 Å². The van der Waals surface area contributed by atoms with Crippen LogP contribution in [0.2, 0.25) is 0 Å². The van der Waals surface area contributed by atoms with E-state index in [1.165, 1.54) is 0 Å². The molecule has 2 aliphatic heterocycles. The van der Waals surface area contributed by atoms with Crippen molar-refractivity contribution in [1.29, 1.82) is 0 Å². The second kappa shape index (κ2) is 11.5. The van der Waals surface area contributed by atoms with E-state index in [9.17, 15) is 9.59 Å². The van der Waals surface area contributed by atoms with E-state index in [2.05, 4.69) is 47.0 Å². The van der Waals surface area contributed by atoms with Crippen LogP contribution in [-0.4, -0.2) is 74.5 Å². The molecule has 4 rings (SSSR count). The lowest BCUT2D eigenvalue weighted by Gasteiger charge is -2.39. The number of rotatable bonds is 4. The van der Waals surface area contributed by atoms with Crippen LogP contribution in [0.25, 0.3) is 0 Å². The van der Waals surface area contributed by atoms with Gasteiger partial charge in [-0.2, -0.15) is 0 Å². The number of piperidine rings is 1. The smallest absolute Gasteiger partial charge is 0.255 e. The van der Waals surface area contributed by atoms with Gasteiger partial charge in [0.05, 0.1) is 18.5 Å². The minimum Gasteiger partial charge on any atom is -0.497 e. The number of nitrogens with one attached hydrogen (secondary N) is 1. The summed E-state index contributed by atoms with van der Waals surface area (Å²) in [6, 6.07) is 13.7. The number of nitrogens with zero attached hydrogens (tertiary/aromatic N) is 3. The summed E-state index contributed by atoms with van der Waals surface area (Å²) in [6.45, 7) is 8.11. The van der Waals surface area contributed by atoms with Gasteiger partial charge < -0.3 is 24.8 Å². The molecule has 2 aliphatic rings. The van der Waals surface area contributed by atoms with Crippen molar-refractivity contribution in [2.75, 3.05) is 57.1 Å². The molecule has 0 aromatic heterocycles. The van der Waals surface area contributed by atoms with E-state index in [0.29, 0.717) is 17.4 Å². The number of amides is 2. The lowest BCUT2D eigenvalue weighted by atomic mass is 9.97. The first-order chi connectivity index (χ1) is 17.3. The molecule has 0 radical (unpaired) electrons. The number of carbonyl (C=O) groups is 2. The Labute approximate surface area is 214 Å². The van der Waals surface area contributed by atoms with Crippen LogP contribution in [0.4, 0.5) is 11.4 Å². The lowest BCUT2D eigenvalue weighted by Crippen LogP contribution is -2.50. The fraction of sp³-hybridized carbons (Fsp3) is 0.448. The molecule has 2 aromatic carbocycles. The van der Waals surface area contributed by atoms with Gasteiger partial charge >= 0.3 is 0 Å². The molecule has 2 amide bonds. The fourth-order valence-electron chi connectivity index (χ4n) is 4.74. The number of likely N-dealkylation sites (N-methyl/N-ethyl adjacent to an activating group) is 1. The molecule has 7 nitrogen and oxygen atoms in total. The minimum absolute atomic E-state index is 0.131. The van der Waals surface area contributed by atoms with E-state index < -0.39 is 0 Å². The number of piperazine rings is 1. The van der Waals surface area contributed by atoms with Gasteiger partial charge in [0.25, 0.3) is 5.91 Å². The molecule has 2 fully saturated rings. The van der Waals surface area contributed by atoms with Crippen molar-refractivity contribution >= 4 is 23.2 Å². The number of carbonyl (C=O) groups excluding carboxylic acids is 2. The average Bonchev–Trinajstić information content (AvgIpc) is 2.89. The van der Waals surface area contributed by atoms with E-state index in [1.54, 1.807) is 26.2 Å². The van der Waals surface area contributed by atoms with Gasteiger partial charge in [0.1, 0.15) is 5.75 Å². The summed E-state index contributed by atoms with van der Waals surface area (Å²) in [5, 5.41) is 3.14. The predicted octanol–water partition coefficient (Wildman–Crippen LogP) is 3.70. The summed E-state index contributed by atoms with van der Waals surface area (Å²) in [4.78, 5) is 31.3. The molecule has 0 saturated carbocycles. The molecule has 1 atom stereocenters. The normalized spacial score (nSPS) is 18.8. The summed E-state index contributed by atoms with van der Waals surface area (Å²) in [5.74, 6) is 7.59. The van der Waals surface area contributed by atoms with Crippen LogP contribution >= 0.6 is 0 Å². The second-order valence-corrected chi connectivity index (χ2v) is 9.74. The topological polar surface area (TPSA) is 65.1 Å². The molecule has 2 aromatic rings. The second-order valence-electron chi connectivity index (χ2n) is 9.74. The van der Waals surface area contributed by atoms with Crippen molar-refractivity contribution in [2.24, 2.45) is 5.92 Å². The summed E-state index contributed by atoms with van der Waals surface area (Å²) in [5.41, 5.74) is 3.18. The Kier molecular flexibility index (Phi) is 8.17. The predicted molar refractivity (Wildman–Crippen MR) is 144 cm³/mol. The Morgan fingerprint density at radius 1 is 1.06 bits per heavy atom. The van der Waals surface area contributed by atoms with E-state index in [1.807, 2.05) is 29.2 Å².